The second-order valence-electron chi connectivity index (χ2n) is 7.88. The summed E-state index contributed by atoms with van der Waals surface area (Å²) >= 11 is 0. The average molecular weight is 409 g/mol. The summed E-state index contributed by atoms with van der Waals surface area (Å²) in [6.07, 6.45) is 1.66. The molecule has 1 saturated heterocycles. The van der Waals surface area contributed by atoms with Gasteiger partial charge in [0.2, 0.25) is 5.91 Å². The first-order valence-electron chi connectivity index (χ1n) is 10.3. The van der Waals surface area contributed by atoms with E-state index in [0.29, 0.717) is 17.7 Å². The number of amides is 1. The van der Waals surface area contributed by atoms with Crippen LogP contribution >= 0.6 is 0 Å². The first-order chi connectivity index (χ1) is 14.5. The molecule has 1 aliphatic heterocycles. The van der Waals surface area contributed by atoms with Crippen LogP contribution in [0.2, 0.25) is 0 Å². The molecule has 1 N–H and O–H groups in total. The van der Waals surface area contributed by atoms with E-state index in [1.807, 2.05) is 37.3 Å². The molecule has 0 aliphatic carbocycles. The van der Waals surface area contributed by atoms with Crippen molar-refractivity contribution in [1.29, 1.82) is 0 Å². The highest BCUT2D eigenvalue weighted by molar-refractivity contribution is 5.80. The van der Waals surface area contributed by atoms with E-state index >= 15 is 0 Å². The van der Waals surface area contributed by atoms with Crippen LogP contribution in [0.4, 0.5) is 0 Å². The number of carbonyl (C=O) groups excluding carboxylic acids is 1. The molecule has 0 spiro atoms. The topological polar surface area (TPSA) is 75.4 Å². The third-order valence-corrected chi connectivity index (χ3v) is 5.63. The molecule has 158 valence electrons. The van der Waals surface area contributed by atoms with Crippen LogP contribution in [0.15, 0.2) is 47.4 Å². The summed E-state index contributed by atoms with van der Waals surface area (Å²) < 4.78 is 3.06. The maximum Gasteiger partial charge on any atom is 0.335 e. The molecule has 1 fully saturated rings. The van der Waals surface area contributed by atoms with E-state index in [1.54, 1.807) is 16.8 Å². The van der Waals surface area contributed by atoms with Crippen LogP contribution in [0.1, 0.15) is 5.56 Å². The molecule has 0 atom stereocenters. The SMILES string of the molecule is Cc1ccc(-n2c(=O)n(CC(=O)NCCN3CCN(C)CC3)c3cccnc32)cc1. The lowest BCUT2D eigenvalue weighted by atomic mass is 10.2. The minimum atomic E-state index is -0.262. The second-order valence-corrected chi connectivity index (χ2v) is 7.88. The quantitative estimate of drug-likeness (QED) is 0.655. The van der Waals surface area contributed by atoms with Crippen LogP contribution in [0.5, 0.6) is 0 Å². The smallest absolute Gasteiger partial charge is 0.335 e. The summed E-state index contributed by atoms with van der Waals surface area (Å²) in [6, 6.07) is 11.3. The van der Waals surface area contributed by atoms with Gasteiger partial charge in [0.25, 0.3) is 0 Å². The monoisotopic (exact) mass is 408 g/mol. The summed E-state index contributed by atoms with van der Waals surface area (Å²) in [4.78, 5) is 34.8. The lowest BCUT2D eigenvalue weighted by Gasteiger charge is -2.32. The minimum Gasteiger partial charge on any atom is -0.353 e. The fourth-order valence-electron chi connectivity index (χ4n) is 3.79. The number of hydrogen-bond donors (Lipinski definition) is 1. The molecule has 1 amide bonds. The summed E-state index contributed by atoms with van der Waals surface area (Å²) in [5, 5.41) is 2.95. The summed E-state index contributed by atoms with van der Waals surface area (Å²) in [5.74, 6) is -0.168. The van der Waals surface area contributed by atoms with Gasteiger partial charge in [-0.3, -0.25) is 14.3 Å². The summed E-state index contributed by atoms with van der Waals surface area (Å²) in [6.45, 7) is 7.50. The minimum absolute atomic E-state index is 0.0252. The Balaban J connectivity index is 1.49. The van der Waals surface area contributed by atoms with Crippen molar-refractivity contribution in [3.8, 4) is 5.69 Å². The molecule has 3 aromatic rings. The number of nitrogens with zero attached hydrogens (tertiary/aromatic N) is 5. The number of pyridine rings is 1. The number of nitrogens with one attached hydrogen (secondary N) is 1. The van der Waals surface area contributed by atoms with E-state index in [1.165, 1.54) is 4.57 Å². The number of hydrogen-bond acceptors (Lipinski definition) is 5. The van der Waals surface area contributed by atoms with Crippen LogP contribution in [-0.4, -0.2) is 76.1 Å². The number of carbonyl (C=O) groups is 1. The molecule has 30 heavy (non-hydrogen) atoms. The Labute approximate surface area is 175 Å². The van der Waals surface area contributed by atoms with Gasteiger partial charge in [0.05, 0.1) is 11.2 Å². The van der Waals surface area contributed by atoms with Gasteiger partial charge in [0.1, 0.15) is 6.54 Å². The van der Waals surface area contributed by atoms with Gasteiger partial charge >= 0.3 is 5.69 Å². The Morgan fingerprint density at radius 1 is 1.10 bits per heavy atom. The van der Waals surface area contributed by atoms with Crippen LogP contribution in [0.25, 0.3) is 16.9 Å². The maximum atomic E-state index is 13.2. The standard InChI is InChI=1S/C22H28N6O2/c1-17-5-7-18(8-6-17)28-21-19(4-3-9-24-21)27(22(28)30)16-20(29)23-10-11-26-14-12-25(2)13-15-26/h3-9H,10-16H2,1-2H3,(H,23,29). The van der Waals surface area contributed by atoms with Crippen LogP contribution in [-0.2, 0) is 11.3 Å². The molecular weight excluding hydrogens is 380 g/mol. The Kier molecular flexibility index (Phi) is 5.96. The molecular formula is C22H28N6O2. The van der Waals surface area contributed by atoms with Gasteiger partial charge in [-0.15, -0.1) is 0 Å². The van der Waals surface area contributed by atoms with Crippen molar-refractivity contribution in [2.75, 3.05) is 46.3 Å². The molecule has 1 aliphatic rings. The fourth-order valence-corrected chi connectivity index (χ4v) is 3.79. The van der Waals surface area contributed by atoms with E-state index in [2.05, 4.69) is 27.1 Å². The van der Waals surface area contributed by atoms with Gasteiger partial charge in [0, 0.05) is 45.5 Å². The Hall–Kier alpha value is -2.97. The first-order valence-corrected chi connectivity index (χ1v) is 10.3. The number of benzene rings is 1. The van der Waals surface area contributed by atoms with Gasteiger partial charge in [-0.05, 0) is 38.2 Å². The number of likely N-dealkylation sites (N-methyl/N-ethyl adjacent to an activating group) is 1. The number of imidazole rings is 1. The van der Waals surface area contributed by atoms with Crippen molar-refractivity contribution in [3.05, 3.63) is 58.6 Å². The molecule has 8 nitrogen and oxygen atoms in total. The van der Waals surface area contributed by atoms with Gasteiger partial charge in [0.15, 0.2) is 5.65 Å². The highest BCUT2D eigenvalue weighted by atomic mass is 16.2. The van der Waals surface area contributed by atoms with Crippen molar-refractivity contribution in [3.63, 3.8) is 0 Å². The molecule has 0 radical (unpaired) electrons. The average Bonchev–Trinajstić information content (AvgIpc) is 3.02. The van der Waals surface area contributed by atoms with Crippen molar-refractivity contribution in [2.24, 2.45) is 0 Å². The van der Waals surface area contributed by atoms with Crippen molar-refractivity contribution in [2.45, 2.75) is 13.5 Å². The van der Waals surface area contributed by atoms with Crippen molar-refractivity contribution >= 4 is 17.1 Å². The van der Waals surface area contributed by atoms with E-state index in [-0.39, 0.29) is 18.1 Å². The van der Waals surface area contributed by atoms with Crippen LogP contribution < -0.4 is 11.0 Å². The molecule has 8 heteroatoms. The number of fused-ring (bicyclic) bond motifs is 1. The molecule has 0 saturated carbocycles. The van der Waals surface area contributed by atoms with Crippen LogP contribution in [0, 0.1) is 6.92 Å². The van der Waals surface area contributed by atoms with Gasteiger partial charge < -0.3 is 10.2 Å². The lowest BCUT2D eigenvalue weighted by Crippen LogP contribution is -2.47. The highest BCUT2D eigenvalue weighted by Gasteiger charge is 2.18. The number of aromatic nitrogens is 3. The molecule has 0 unspecified atom stereocenters. The maximum absolute atomic E-state index is 13.2. The fraction of sp³-hybridized carbons (Fsp3) is 0.409. The predicted octanol–water partition coefficient (Wildman–Crippen LogP) is 0.859. The third-order valence-electron chi connectivity index (χ3n) is 5.63. The normalized spacial score (nSPS) is 15.5. The van der Waals surface area contributed by atoms with Gasteiger partial charge in [-0.2, -0.15) is 0 Å². The summed E-state index contributed by atoms with van der Waals surface area (Å²) in [7, 11) is 2.12. The lowest BCUT2D eigenvalue weighted by molar-refractivity contribution is -0.121. The zero-order valence-electron chi connectivity index (χ0n) is 17.5. The predicted molar refractivity (Wildman–Crippen MR) is 117 cm³/mol. The van der Waals surface area contributed by atoms with Gasteiger partial charge in [-0.25, -0.2) is 14.3 Å². The largest absolute Gasteiger partial charge is 0.353 e. The highest BCUT2D eigenvalue weighted by Crippen LogP contribution is 2.16. The first kappa shape index (κ1) is 20.3. The van der Waals surface area contributed by atoms with Gasteiger partial charge in [-0.1, -0.05) is 17.7 Å². The zero-order chi connectivity index (χ0) is 21.1. The van der Waals surface area contributed by atoms with Crippen LogP contribution in [0.3, 0.4) is 0 Å². The molecule has 2 aromatic heterocycles. The Morgan fingerprint density at radius 2 is 1.83 bits per heavy atom. The second kappa shape index (κ2) is 8.81. The zero-order valence-corrected chi connectivity index (χ0v) is 17.5. The Morgan fingerprint density at radius 3 is 2.57 bits per heavy atom. The molecule has 0 bridgehead atoms. The molecule has 3 heterocycles. The third kappa shape index (κ3) is 4.29. The number of rotatable bonds is 6. The van der Waals surface area contributed by atoms with E-state index < -0.39 is 0 Å². The van der Waals surface area contributed by atoms with Crippen molar-refractivity contribution in [1.82, 2.24) is 29.2 Å². The molecule has 1 aromatic carbocycles. The number of aryl methyl sites for hydroxylation is 1. The van der Waals surface area contributed by atoms with E-state index in [4.69, 9.17) is 0 Å². The Bertz CT molecular complexity index is 1080. The van der Waals surface area contributed by atoms with Crippen molar-refractivity contribution < 1.29 is 4.79 Å². The number of piperazine rings is 1. The van der Waals surface area contributed by atoms with E-state index in [9.17, 15) is 9.59 Å². The van der Waals surface area contributed by atoms with E-state index in [0.717, 1.165) is 44.0 Å². The summed E-state index contributed by atoms with van der Waals surface area (Å²) in [5.41, 5.74) is 2.79. The molecule has 4 rings (SSSR count).